The van der Waals surface area contributed by atoms with Crippen LogP contribution in [0.15, 0.2) is 39.8 Å². The number of benzene rings is 1. The predicted octanol–water partition coefficient (Wildman–Crippen LogP) is 4.17. The summed E-state index contributed by atoms with van der Waals surface area (Å²) >= 11 is 6.62. The zero-order valence-corrected chi connectivity index (χ0v) is 19.4. The van der Waals surface area contributed by atoms with Gasteiger partial charge in [0.1, 0.15) is 10.1 Å². The van der Waals surface area contributed by atoms with E-state index in [1.807, 2.05) is 0 Å². The van der Waals surface area contributed by atoms with Crippen LogP contribution in [0.5, 0.6) is 0 Å². The number of aromatic nitrogens is 1. The van der Waals surface area contributed by atoms with Gasteiger partial charge in [-0.2, -0.15) is 0 Å². The highest BCUT2D eigenvalue weighted by atomic mass is 32.2. The zero-order valence-electron chi connectivity index (χ0n) is 17.8. The van der Waals surface area contributed by atoms with Crippen molar-refractivity contribution < 1.29 is 23.6 Å². The van der Waals surface area contributed by atoms with Gasteiger partial charge in [0, 0.05) is 19.0 Å². The van der Waals surface area contributed by atoms with Crippen molar-refractivity contribution in [2.75, 3.05) is 19.0 Å². The second-order valence-electron chi connectivity index (χ2n) is 7.13. The average molecular weight is 474 g/mol. The molecule has 0 aliphatic carbocycles. The summed E-state index contributed by atoms with van der Waals surface area (Å²) in [6, 6.07) is 8.47. The van der Waals surface area contributed by atoms with E-state index in [0.29, 0.717) is 45.8 Å². The molecule has 0 atom stereocenters. The lowest BCUT2D eigenvalue weighted by atomic mass is 10.1. The van der Waals surface area contributed by atoms with Crippen molar-refractivity contribution in [1.82, 2.24) is 10.1 Å². The molecule has 8 nitrogen and oxygen atoms in total. The fourth-order valence-electron chi connectivity index (χ4n) is 3.04. The van der Waals surface area contributed by atoms with Crippen molar-refractivity contribution in [2.24, 2.45) is 0 Å². The Morgan fingerprint density at radius 1 is 1.25 bits per heavy atom. The molecule has 168 valence electrons. The van der Waals surface area contributed by atoms with Crippen LogP contribution in [0.25, 0.3) is 6.08 Å². The Balaban J connectivity index is 1.44. The van der Waals surface area contributed by atoms with Gasteiger partial charge in [-0.3, -0.25) is 14.5 Å². The molecule has 3 rings (SSSR count). The molecule has 2 amide bonds. The molecule has 10 heteroatoms. The molecule has 1 aliphatic rings. The first-order valence-electron chi connectivity index (χ1n) is 10.0. The van der Waals surface area contributed by atoms with Gasteiger partial charge in [0.25, 0.3) is 5.91 Å². The second kappa shape index (κ2) is 11.1. The summed E-state index contributed by atoms with van der Waals surface area (Å²) in [6.45, 7) is 2.26. The Morgan fingerprint density at radius 2 is 2.00 bits per heavy atom. The number of carbonyl (C=O) groups is 3. The van der Waals surface area contributed by atoms with E-state index in [1.165, 1.54) is 18.9 Å². The number of ether oxygens (including phenoxy) is 1. The molecule has 0 spiro atoms. The van der Waals surface area contributed by atoms with Gasteiger partial charge in [0.2, 0.25) is 5.91 Å². The van der Waals surface area contributed by atoms with Gasteiger partial charge in [0.05, 0.1) is 17.6 Å². The number of thiocarbonyl (C=S) groups is 1. The summed E-state index contributed by atoms with van der Waals surface area (Å²) in [5.41, 5.74) is 1.24. The number of hydrogen-bond acceptors (Lipinski definition) is 8. The first-order valence-corrected chi connectivity index (χ1v) is 11.3. The highest BCUT2D eigenvalue weighted by molar-refractivity contribution is 8.26. The van der Waals surface area contributed by atoms with Crippen LogP contribution in [-0.2, 0) is 14.3 Å². The van der Waals surface area contributed by atoms with Crippen LogP contribution in [0.1, 0.15) is 47.4 Å². The lowest BCUT2D eigenvalue weighted by Crippen LogP contribution is -2.29. The molecule has 0 radical (unpaired) electrons. The van der Waals surface area contributed by atoms with Crippen molar-refractivity contribution in [3.63, 3.8) is 0 Å². The highest BCUT2D eigenvalue weighted by Crippen LogP contribution is 2.32. The van der Waals surface area contributed by atoms with E-state index >= 15 is 0 Å². The third-order valence-electron chi connectivity index (χ3n) is 4.68. The Labute approximate surface area is 195 Å². The SMILES string of the molecule is COC(=O)c1ccc(C=C2SC(=S)N(CCCCCC(=O)Nc3cc(C)on3)C2=O)cc1. The second-order valence-corrected chi connectivity index (χ2v) is 8.80. The Kier molecular flexibility index (Phi) is 8.18. The van der Waals surface area contributed by atoms with Crippen molar-refractivity contribution in [2.45, 2.75) is 32.6 Å². The number of aryl methyl sites for hydroxylation is 1. The number of unbranched alkanes of at least 4 members (excludes halogenated alkanes) is 2. The summed E-state index contributed by atoms with van der Waals surface area (Å²) < 4.78 is 10.1. The zero-order chi connectivity index (χ0) is 23.1. The van der Waals surface area contributed by atoms with Gasteiger partial charge in [-0.15, -0.1) is 0 Å². The number of amides is 2. The van der Waals surface area contributed by atoms with Gasteiger partial charge >= 0.3 is 5.97 Å². The molecule has 32 heavy (non-hydrogen) atoms. The summed E-state index contributed by atoms with van der Waals surface area (Å²) in [6.07, 6.45) is 4.35. The predicted molar refractivity (Wildman–Crippen MR) is 126 cm³/mol. The molecule has 0 saturated carbocycles. The van der Waals surface area contributed by atoms with Crippen molar-refractivity contribution in [1.29, 1.82) is 0 Å². The van der Waals surface area contributed by atoms with Gasteiger partial charge in [0.15, 0.2) is 5.82 Å². The molecule has 1 saturated heterocycles. The molecule has 1 fully saturated rings. The van der Waals surface area contributed by atoms with E-state index in [9.17, 15) is 14.4 Å². The third-order valence-corrected chi connectivity index (χ3v) is 6.06. The van der Waals surface area contributed by atoms with Crippen LogP contribution in [0.4, 0.5) is 5.82 Å². The lowest BCUT2D eigenvalue weighted by Gasteiger charge is -2.14. The van der Waals surface area contributed by atoms with E-state index < -0.39 is 5.97 Å². The quantitative estimate of drug-likeness (QED) is 0.251. The molecular formula is C22H23N3O5S2. The van der Waals surface area contributed by atoms with Gasteiger partial charge in [-0.05, 0) is 43.5 Å². The molecule has 1 N–H and O–H groups in total. The smallest absolute Gasteiger partial charge is 0.337 e. The Bertz CT molecular complexity index is 1050. The number of methoxy groups -OCH3 is 1. The summed E-state index contributed by atoms with van der Waals surface area (Å²) in [5, 5.41) is 6.41. The lowest BCUT2D eigenvalue weighted by molar-refractivity contribution is -0.122. The van der Waals surface area contributed by atoms with Gasteiger partial charge < -0.3 is 14.6 Å². The molecule has 1 aliphatic heterocycles. The first-order chi connectivity index (χ1) is 15.4. The van der Waals surface area contributed by atoms with Crippen LogP contribution in [0.2, 0.25) is 0 Å². The van der Waals surface area contributed by atoms with E-state index in [2.05, 4.69) is 15.2 Å². The summed E-state index contributed by atoms with van der Waals surface area (Å²) in [7, 11) is 1.33. The number of nitrogens with one attached hydrogen (secondary N) is 1. The molecular weight excluding hydrogens is 450 g/mol. The van der Waals surface area contributed by atoms with Crippen molar-refractivity contribution in [3.05, 3.63) is 52.1 Å². The fraction of sp³-hybridized carbons (Fsp3) is 0.318. The van der Waals surface area contributed by atoms with E-state index in [-0.39, 0.29) is 11.8 Å². The standard InChI is InChI=1S/C22H23N3O5S2/c1-14-12-18(24-30-14)23-19(26)6-4-3-5-11-25-20(27)17(32-22(25)31)13-15-7-9-16(10-8-15)21(28)29-2/h7-10,12-13H,3-6,11H2,1-2H3,(H,23,24,26). The van der Waals surface area contributed by atoms with Crippen LogP contribution < -0.4 is 5.32 Å². The fourth-order valence-corrected chi connectivity index (χ4v) is 4.35. The summed E-state index contributed by atoms with van der Waals surface area (Å²) in [5.74, 6) is 0.391. The molecule has 0 unspecified atom stereocenters. The number of rotatable bonds is 9. The molecule has 0 bridgehead atoms. The minimum absolute atomic E-state index is 0.120. The number of esters is 1. The number of carbonyl (C=O) groups excluding carboxylic acids is 3. The maximum atomic E-state index is 12.7. The van der Waals surface area contributed by atoms with Gasteiger partial charge in [-0.25, -0.2) is 4.79 Å². The van der Waals surface area contributed by atoms with Crippen LogP contribution in [-0.4, -0.2) is 45.8 Å². The van der Waals surface area contributed by atoms with E-state index in [0.717, 1.165) is 18.4 Å². The highest BCUT2D eigenvalue weighted by Gasteiger charge is 2.31. The van der Waals surface area contributed by atoms with E-state index in [1.54, 1.807) is 48.2 Å². The number of nitrogens with zero attached hydrogens (tertiary/aromatic N) is 2. The maximum Gasteiger partial charge on any atom is 0.337 e. The third kappa shape index (κ3) is 6.27. The maximum absolute atomic E-state index is 12.7. The molecule has 1 aromatic carbocycles. The van der Waals surface area contributed by atoms with E-state index in [4.69, 9.17) is 16.7 Å². The Morgan fingerprint density at radius 3 is 2.66 bits per heavy atom. The molecule has 1 aromatic heterocycles. The topological polar surface area (TPSA) is 102 Å². The monoisotopic (exact) mass is 473 g/mol. The number of thioether (sulfide) groups is 1. The minimum Gasteiger partial charge on any atom is -0.465 e. The largest absolute Gasteiger partial charge is 0.465 e. The van der Waals surface area contributed by atoms with Gasteiger partial charge in [-0.1, -0.05) is 47.7 Å². The van der Waals surface area contributed by atoms with Crippen LogP contribution in [0, 0.1) is 6.92 Å². The summed E-state index contributed by atoms with van der Waals surface area (Å²) in [4.78, 5) is 38.3. The van der Waals surface area contributed by atoms with Crippen LogP contribution in [0.3, 0.4) is 0 Å². The minimum atomic E-state index is -0.409. The molecule has 2 aromatic rings. The normalized spacial score (nSPS) is 14.8. The van der Waals surface area contributed by atoms with Crippen molar-refractivity contribution >= 4 is 58.0 Å². The first kappa shape index (κ1) is 23.7. The van der Waals surface area contributed by atoms with Crippen molar-refractivity contribution in [3.8, 4) is 0 Å². The Hall–Kier alpha value is -2.98. The number of hydrogen-bond donors (Lipinski definition) is 1. The molecule has 2 heterocycles. The van der Waals surface area contributed by atoms with Crippen LogP contribution >= 0.6 is 24.0 Å². The average Bonchev–Trinajstić information content (AvgIpc) is 3.30. The number of anilines is 1.